The van der Waals surface area contributed by atoms with Crippen molar-refractivity contribution in [1.82, 2.24) is 0 Å². The van der Waals surface area contributed by atoms with Crippen molar-refractivity contribution in [3.05, 3.63) is 65.7 Å². The van der Waals surface area contributed by atoms with Gasteiger partial charge in [-0.05, 0) is 12.1 Å². The lowest BCUT2D eigenvalue weighted by molar-refractivity contribution is -0.131. The van der Waals surface area contributed by atoms with E-state index in [1.165, 1.54) is 14.0 Å². The van der Waals surface area contributed by atoms with Crippen LogP contribution in [-0.4, -0.2) is 18.8 Å². The van der Waals surface area contributed by atoms with Crippen molar-refractivity contribution in [2.24, 2.45) is 5.16 Å². The highest BCUT2D eigenvalue weighted by Crippen LogP contribution is 2.22. The number of carbonyl (C=O) groups is 1. The first-order valence-electron chi connectivity index (χ1n) is 6.16. The zero-order valence-corrected chi connectivity index (χ0v) is 11.4. The van der Waals surface area contributed by atoms with Crippen LogP contribution in [0.3, 0.4) is 0 Å². The van der Waals surface area contributed by atoms with Crippen LogP contribution in [0.15, 0.2) is 59.8 Å². The second kappa shape index (κ2) is 6.52. The molecule has 0 aromatic heterocycles. The van der Waals surface area contributed by atoms with Crippen LogP contribution in [0.2, 0.25) is 0 Å². The first kappa shape index (κ1) is 13.8. The quantitative estimate of drug-likeness (QED) is 0.371. The third kappa shape index (κ3) is 3.23. The van der Waals surface area contributed by atoms with E-state index in [0.29, 0.717) is 17.0 Å². The fourth-order valence-electron chi connectivity index (χ4n) is 1.85. The van der Waals surface area contributed by atoms with Crippen molar-refractivity contribution in [1.29, 1.82) is 0 Å². The molecule has 0 N–H and O–H groups in total. The molecule has 2 rings (SSSR count). The van der Waals surface area contributed by atoms with Crippen molar-refractivity contribution in [2.45, 2.75) is 6.92 Å². The topological polar surface area (TPSA) is 47.9 Å². The van der Waals surface area contributed by atoms with Crippen molar-refractivity contribution < 1.29 is 14.4 Å². The van der Waals surface area contributed by atoms with Crippen LogP contribution in [-0.2, 0) is 9.63 Å². The van der Waals surface area contributed by atoms with E-state index in [0.717, 1.165) is 5.56 Å². The molecule has 0 bridgehead atoms. The van der Waals surface area contributed by atoms with Crippen molar-refractivity contribution in [2.75, 3.05) is 7.11 Å². The summed E-state index contributed by atoms with van der Waals surface area (Å²) in [4.78, 5) is 16.1. The van der Waals surface area contributed by atoms with E-state index in [1.54, 1.807) is 12.1 Å². The highest BCUT2D eigenvalue weighted by atomic mass is 16.6. The molecule has 0 aliphatic rings. The lowest BCUT2D eigenvalue weighted by Crippen LogP contribution is -2.09. The Balaban J connectivity index is 2.51. The minimum absolute atomic E-state index is 0.373. The third-order valence-corrected chi connectivity index (χ3v) is 2.63. The predicted molar refractivity (Wildman–Crippen MR) is 76.8 cm³/mol. The molecule has 102 valence electrons. The first-order chi connectivity index (χ1) is 9.72. The molecule has 0 unspecified atom stereocenters. The van der Waals surface area contributed by atoms with Crippen LogP contribution in [0.25, 0.3) is 0 Å². The van der Waals surface area contributed by atoms with Crippen LogP contribution in [0.4, 0.5) is 0 Å². The molecule has 0 atom stereocenters. The summed E-state index contributed by atoms with van der Waals surface area (Å²) in [6.45, 7) is 1.37. The molecule has 0 amide bonds. The fourth-order valence-corrected chi connectivity index (χ4v) is 1.85. The van der Waals surface area contributed by atoms with E-state index in [2.05, 4.69) is 5.16 Å². The summed E-state index contributed by atoms with van der Waals surface area (Å²) in [6.07, 6.45) is 0. The summed E-state index contributed by atoms with van der Waals surface area (Å²) < 4.78 is 5.22. The molecule has 0 aliphatic heterocycles. The lowest BCUT2D eigenvalue weighted by atomic mass is 10.0. The van der Waals surface area contributed by atoms with Crippen LogP contribution in [0.1, 0.15) is 18.1 Å². The van der Waals surface area contributed by atoms with Crippen LogP contribution < -0.4 is 4.74 Å². The maximum Gasteiger partial charge on any atom is 0.308 e. The third-order valence-electron chi connectivity index (χ3n) is 2.63. The minimum Gasteiger partial charge on any atom is -0.426 e. The Labute approximate surface area is 117 Å². The Morgan fingerprint density at radius 3 is 2.30 bits per heavy atom. The molecule has 2 aromatic carbocycles. The molecule has 0 saturated carbocycles. The normalized spacial score (nSPS) is 11.0. The second-order valence-corrected chi connectivity index (χ2v) is 4.08. The van der Waals surface area contributed by atoms with E-state index in [9.17, 15) is 4.79 Å². The molecule has 2 aromatic rings. The fraction of sp³-hybridized carbons (Fsp3) is 0.125. The number of hydrogen-bond acceptors (Lipinski definition) is 4. The van der Waals surface area contributed by atoms with Gasteiger partial charge in [0.1, 0.15) is 18.6 Å². The second-order valence-electron chi connectivity index (χ2n) is 4.08. The lowest BCUT2D eigenvalue weighted by Gasteiger charge is -2.11. The highest BCUT2D eigenvalue weighted by Gasteiger charge is 2.14. The van der Waals surface area contributed by atoms with Crippen molar-refractivity contribution >= 4 is 11.7 Å². The molecular weight excluding hydrogens is 254 g/mol. The van der Waals surface area contributed by atoms with Gasteiger partial charge in [-0.2, -0.15) is 0 Å². The van der Waals surface area contributed by atoms with Gasteiger partial charge >= 0.3 is 5.97 Å². The zero-order valence-electron chi connectivity index (χ0n) is 11.4. The van der Waals surface area contributed by atoms with Crippen molar-refractivity contribution in [3.63, 3.8) is 0 Å². The van der Waals surface area contributed by atoms with E-state index in [1.807, 2.05) is 42.5 Å². The molecule has 0 spiro atoms. The van der Waals surface area contributed by atoms with E-state index >= 15 is 0 Å². The van der Waals surface area contributed by atoms with Gasteiger partial charge in [0.15, 0.2) is 0 Å². The molecule has 0 aliphatic carbocycles. The standard InChI is InChI=1S/C16H15NO3/c1-12(18)20-15-11-7-6-10-14(15)16(17-19-2)13-8-4-3-5-9-13/h3-11H,1-2H3/b17-16+. The number of oxime groups is 1. The van der Waals surface area contributed by atoms with E-state index < -0.39 is 0 Å². The Morgan fingerprint density at radius 1 is 1.00 bits per heavy atom. The smallest absolute Gasteiger partial charge is 0.308 e. The van der Waals surface area contributed by atoms with Gasteiger partial charge in [-0.25, -0.2) is 0 Å². The molecule has 4 nitrogen and oxygen atoms in total. The molecular formula is C16H15NO3. The molecule has 0 fully saturated rings. The number of rotatable bonds is 4. The van der Waals surface area contributed by atoms with Crippen molar-refractivity contribution in [3.8, 4) is 5.75 Å². The predicted octanol–water partition coefficient (Wildman–Crippen LogP) is 3.01. The largest absolute Gasteiger partial charge is 0.426 e. The minimum atomic E-state index is -0.373. The summed E-state index contributed by atoms with van der Waals surface area (Å²) in [5.41, 5.74) is 2.20. The van der Waals surface area contributed by atoms with Gasteiger partial charge < -0.3 is 9.57 Å². The summed E-state index contributed by atoms with van der Waals surface area (Å²) >= 11 is 0. The number of benzene rings is 2. The van der Waals surface area contributed by atoms with Crippen LogP contribution in [0.5, 0.6) is 5.75 Å². The number of ether oxygens (including phenoxy) is 1. The highest BCUT2D eigenvalue weighted by molar-refractivity contribution is 6.14. The van der Waals surface area contributed by atoms with Gasteiger partial charge in [-0.1, -0.05) is 47.6 Å². The Bertz CT molecular complexity index is 621. The average molecular weight is 269 g/mol. The molecule has 20 heavy (non-hydrogen) atoms. The Kier molecular flexibility index (Phi) is 4.50. The van der Waals surface area contributed by atoms with E-state index in [-0.39, 0.29) is 5.97 Å². The van der Waals surface area contributed by atoms with Gasteiger partial charge in [-0.15, -0.1) is 0 Å². The molecule has 4 heteroatoms. The maximum absolute atomic E-state index is 11.2. The summed E-state index contributed by atoms with van der Waals surface area (Å²) in [6, 6.07) is 16.8. The van der Waals surface area contributed by atoms with E-state index in [4.69, 9.17) is 9.57 Å². The van der Waals surface area contributed by atoms with Gasteiger partial charge in [0.05, 0.1) is 0 Å². The number of esters is 1. The van der Waals surface area contributed by atoms with Gasteiger partial charge in [-0.3, -0.25) is 4.79 Å². The number of para-hydroxylation sites is 1. The number of nitrogens with zero attached hydrogens (tertiary/aromatic N) is 1. The molecule has 0 saturated heterocycles. The molecule has 0 heterocycles. The summed E-state index contributed by atoms with van der Waals surface area (Å²) in [5, 5.41) is 4.06. The zero-order chi connectivity index (χ0) is 14.4. The van der Waals surface area contributed by atoms with Crippen LogP contribution >= 0.6 is 0 Å². The number of carbonyl (C=O) groups excluding carboxylic acids is 1. The summed E-state index contributed by atoms with van der Waals surface area (Å²) in [5.74, 6) is 0.0851. The van der Waals surface area contributed by atoms with Gasteiger partial charge in [0, 0.05) is 18.1 Å². The Hall–Kier alpha value is -2.62. The maximum atomic E-state index is 11.2. The SMILES string of the molecule is CO/N=C(\c1ccccc1)c1ccccc1OC(C)=O. The first-order valence-corrected chi connectivity index (χ1v) is 6.16. The Morgan fingerprint density at radius 2 is 1.65 bits per heavy atom. The van der Waals surface area contributed by atoms with Crippen LogP contribution in [0, 0.1) is 0 Å². The molecule has 0 radical (unpaired) electrons. The number of hydrogen-bond donors (Lipinski definition) is 0. The average Bonchev–Trinajstić information content (AvgIpc) is 2.46. The summed E-state index contributed by atoms with van der Waals surface area (Å²) in [7, 11) is 1.48. The monoisotopic (exact) mass is 269 g/mol. The van der Waals surface area contributed by atoms with Gasteiger partial charge in [0.2, 0.25) is 0 Å². The van der Waals surface area contributed by atoms with Gasteiger partial charge in [0.25, 0.3) is 0 Å².